The summed E-state index contributed by atoms with van der Waals surface area (Å²) < 4.78 is 42.7. The zero-order valence-corrected chi connectivity index (χ0v) is 19.3. The minimum absolute atomic E-state index is 0.0515. The highest BCUT2D eigenvalue weighted by Crippen LogP contribution is 2.29. The molecule has 0 unspecified atom stereocenters. The first-order valence-electron chi connectivity index (χ1n) is 10.6. The van der Waals surface area contributed by atoms with Crippen LogP contribution in [0, 0.1) is 12.7 Å². The van der Waals surface area contributed by atoms with Crippen LogP contribution in [0.15, 0.2) is 76.8 Å². The second kappa shape index (κ2) is 8.11. The maximum atomic E-state index is 14.5. The van der Waals surface area contributed by atoms with Crippen molar-refractivity contribution in [2.45, 2.75) is 23.3 Å². The number of aromatic nitrogens is 3. The normalized spacial score (nSPS) is 11.9. The quantitative estimate of drug-likeness (QED) is 0.396. The van der Waals surface area contributed by atoms with E-state index < -0.39 is 21.6 Å². The second-order valence-electron chi connectivity index (χ2n) is 8.05. The fourth-order valence-electron chi connectivity index (χ4n) is 4.11. The van der Waals surface area contributed by atoms with Gasteiger partial charge in [0.2, 0.25) is 9.84 Å². The Morgan fingerprint density at radius 2 is 1.97 bits per heavy atom. The Labute approximate surface area is 195 Å². The molecular weight excluding hydrogens is 455 g/mol. The van der Waals surface area contributed by atoms with Crippen LogP contribution in [0.3, 0.4) is 0 Å². The molecule has 34 heavy (non-hydrogen) atoms. The van der Waals surface area contributed by atoms with Crippen LogP contribution in [0.4, 0.5) is 4.39 Å². The molecule has 0 spiro atoms. The van der Waals surface area contributed by atoms with Crippen molar-refractivity contribution in [3.8, 4) is 0 Å². The molecular formula is C25H21FN4O3S. The maximum absolute atomic E-state index is 14.5. The van der Waals surface area contributed by atoms with Gasteiger partial charge >= 0.3 is 0 Å². The van der Waals surface area contributed by atoms with Crippen molar-refractivity contribution in [2.75, 3.05) is 0 Å². The van der Waals surface area contributed by atoms with Crippen molar-refractivity contribution in [1.29, 1.82) is 0 Å². The lowest BCUT2D eigenvalue weighted by Crippen LogP contribution is -2.25. The summed E-state index contributed by atoms with van der Waals surface area (Å²) in [6.07, 6.45) is 3.36. The molecule has 0 aliphatic heterocycles. The molecule has 0 saturated heterocycles. The van der Waals surface area contributed by atoms with E-state index in [1.807, 2.05) is 0 Å². The van der Waals surface area contributed by atoms with Crippen molar-refractivity contribution < 1.29 is 17.6 Å². The van der Waals surface area contributed by atoms with Crippen molar-refractivity contribution in [2.24, 2.45) is 7.05 Å². The summed E-state index contributed by atoms with van der Waals surface area (Å²) in [5.74, 6) is -0.958. The van der Waals surface area contributed by atoms with E-state index in [4.69, 9.17) is 0 Å². The molecule has 1 amide bonds. The Kier molecular flexibility index (Phi) is 5.21. The summed E-state index contributed by atoms with van der Waals surface area (Å²) in [6.45, 7) is 1.58. The number of hydrogen-bond donors (Lipinski definition) is 2. The van der Waals surface area contributed by atoms with E-state index in [0.717, 1.165) is 10.9 Å². The Hall–Kier alpha value is -3.98. The monoisotopic (exact) mass is 476 g/mol. The van der Waals surface area contributed by atoms with Gasteiger partial charge in [-0.3, -0.25) is 9.78 Å². The summed E-state index contributed by atoms with van der Waals surface area (Å²) in [4.78, 5) is 20.4. The molecule has 0 aliphatic carbocycles. The number of pyridine rings is 1. The maximum Gasteiger partial charge on any atom is 0.268 e. The molecule has 9 heteroatoms. The first-order valence-corrected chi connectivity index (χ1v) is 12.0. The molecule has 0 bridgehead atoms. The largest absolute Gasteiger partial charge is 0.361 e. The van der Waals surface area contributed by atoms with Gasteiger partial charge in [-0.1, -0.05) is 6.07 Å². The fraction of sp³-hybridized carbons (Fsp3) is 0.120. The molecule has 2 N–H and O–H groups in total. The molecule has 0 saturated carbocycles. The number of carbonyl (C=O) groups is 1. The minimum Gasteiger partial charge on any atom is -0.361 e. The number of halogens is 1. The van der Waals surface area contributed by atoms with Crippen molar-refractivity contribution >= 4 is 37.6 Å². The number of aromatic amines is 1. The first kappa shape index (κ1) is 21.8. The number of amides is 1. The molecule has 3 aromatic heterocycles. The summed E-state index contributed by atoms with van der Waals surface area (Å²) in [5.41, 5.74) is 2.37. The Balaban J connectivity index is 1.46. The van der Waals surface area contributed by atoms with Gasteiger partial charge in [-0.15, -0.1) is 0 Å². The van der Waals surface area contributed by atoms with Gasteiger partial charge in [0, 0.05) is 53.5 Å². The summed E-state index contributed by atoms with van der Waals surface area (Å²) >= 11 is 0. The van der Waals surface area contributed by atoms with Crippen LogP contribution < -0.4 is 5.32 Å². The lowest BCUT2D eigenvalue weighted by Gasteiger charge is -2.10. The third-order valence-electron chi connectivity index (χ3n) is 6.11. The Bertz CT molecular complexity index is 1690. The van der Waals surface area contributed by atoms with Crippen molar-refractivity contribution in [3.05, 3.63) is 89.8 Å². The highest BCUT2D eigenvalue weighted by molar-refractivity contribution is 7.91. The molecule has 3 heterocycles. The Morgan fingerprint density at radius 3 is 2.79 bits per heavy atom. The molecule has 5 aromatic rings. The van der Waals surface area contributed by atoms with Gasteiger partial charge in [-0.25, -0.2) is 12.8 Å². The smallest absolute Gasteiger partial charge is 0.268 e. The molecule has 5 rings (SSSR count). The molecule has 0 radical (unpaired) electrons. The molecule has 172 valence electrons. The highest BCUT2D eigenvalue weighted by atomic mass is 32.2. The van der Waals surface area contributed by atoms with Gasteiger partial charge in [0.15, 0.2) is 0 Å². The van der Waals surface area contributed by atoms with Gasteiger partial charge < -0.3 is 14.9 Å². The minimum atomic E-state index is -3.86. The molecule has 0 atom stereocenters. The van der Waals surface area contributed by atoms with Crippen LogP contribution in [-0.4, -0.2) is 28.9 Å². The van der Waals surface area contributed by atoms with Crippen LogP contribution >= 0.6 is 0 Å². The number of sulfone groups is 1. The van der Waals surface area contributed by atoms with E-state index in [0.29, 0.717) is 22.2 Å². The number of rotatable bonds is 5. The zero-order chi connectivity index (χ0) is 24.0. The van der Waals surface area contributed by atoms with E-state index in [2.05, 4.69) is 15.3 Å². The van der Waals surface area contributed by atoms with E-state index >= 15 is 0 Å². The average molecular weight is 477 g/mol. The van der Waals surface area contributed by atoms with E-state index in [-0.39, 0.29) is 22.0 Å². The third kappa shape index (κ3) is 3.54. The zero-order valence-electron chi connectivity index (χ0n) is 18.5. The molecule has 2 aromatic carbocycles. The average Bonchev–Trinajstić information content (AvgIpc) is 3.42. The van der Waals surface area contributed by atoms with E-state index in [9.17, 15) is 17.6 Å². The molecule has 7 nitrogen and oxygen atoms in total. The third-order valence-corrected chi connectivity index (χ3v) is 7.98. The summed E-state index contributed by atoms with van der Waals surface area (Å²) in [7, 11) is -2.23. The lowest BCUT2D eigenvalue weighted by atomic mass is 10.1. The van der Waals surface area contributed by atoms with Crippen LogP contribution in [0.25, 0.3) is 21.8 Å². The summed E-state index contributed by atoms with van der Waals surface area (Å²) in [5, 5.41) is 4.10. The van der Waals surface area contributed by atoms with Gasteiger partial charge in [0.05, 0.1) is 15.3 Å². The predicted octanol–water partition coefficient (Wildman–Crippen LogP) is 4.26. The van der Waals surface area contributed by atoms with Crippen LogP contribution in [0.2, 0.25) is 0 Å². The SMILES string of the molecule is Cc1c(S(=O)(=O)c2ccc3[nH]ccc3c2)cc(C(=O)NCc2c(F)ccc3ncccc23)n1C. The first-order chi connectivity index (χ1) is 16.3. The van der Waals surface area contributed by atoms with Crippen molar-refractivity contribution in [3.63, 3.8) is 0 Å². The number of nitrogens with one attached hydrogen (secondary N) is 2. The number of carbonyl (C=O) groups excluding carboxylic acids is 1. The Morgan fingerprint density at radius 1 is 1.15 bits per heavy atom. The topological polar surface area (TPSA) is 96.8 Å². The van der Waals surface area contributed by atoms with E-state index in [1.165, 1.54) is 22.8 Å². The van der Waals surface area contributed by atoms with Crippen LogP contribution in [-0.2, 0) is 23.4 Å². The second-order valence-corrected chi connectivity index (χ2v) is 9.97. The number of fused-ring (bicyclic) bond motifs is 2. The van der Waals surface area contributed by atoms with Gasteiger partial charge in [-0.05, 0) is 55.5 Å². The van der Waals surface area contributed by atoms with Gasteiger partial charge in [0.1, 0.15) is 11.5 Å². The highest BCUT2D eigenvalue weighted by Gasteiger charge is 2.26. The fourth-order valence-corrected chi connectivity index (χ4v) is 5.69. The van der Waals surface area contributed by atoms with E-state index in [1.54, 1.807) is 62.8 Å². The number of hydrogen-bond acceptors (Lipinski definition) is 4. The molecule has 0 aliphatic rings. The molecule has 0 fully saturated rings. The number of benzene rings is 2. The standard InChI is InChI=1S/C25H21FN4O3S/c1-15-24(34(32,33)17-5-7-21-16(12-17)9-11-28-21)13-23(30(15)2)25(31)29-14-19-18-4-3-10-27-22(18)8-6-20(19)26/h3-13,28H,14H2,1-2H3,(H,29,31). The van der Waals surface area contributed by atoms with Gasteiger partial charge in [0.25, 0.3) is 5.91 Å². The number of nitrogens with zero attached hydrogens (tertiary/aromatic N) is 2. The summed E-state index contributed by atoms with van der Waals surface area (Å²) in [6, 6.07) is 14.4. The number of H-pyrrole nitrogens is 1. The predicted molar refractivity (Wildman–Crippen MR) is 127 cm³/mol. The van der Waals surface area contributed by atoms with Gasteiger partial charge in [-0.2, -0.15) is 0 Å². The van der Waals surface area contributed by atoms with Crippen LogP contribution in [0.5, 0.6) is 0 Å². The van der Waals surface area contributed by atoms with Crippen molar-refractivity contribution in [1.82, 2.24) is 19.9 Å². The lowest BCUT2D eigenvalue weighted by molar-refractivity contribution is 0.0942. The van der Waals surface area contributed by atoms with Crippen LogP contribution in [0.1, 0.15) is 21.7 Å².